The number of hydrogen-bond donors (Lipinski definition) is 2. The first-order valence-electron chi connectivity index (χ1n) is 4.94. The molecule has 0 saturated carbocycles. The summed E-state index contributed by atoms with van der Waals surface area (Å²) >= 11 is 5.84. The van der Waals surface area contributed by atoms with Crippen LogP contribution in [0.2, 0.25) is 5.02 Å². The monoisotopic (exact) mass is 243 g/mol. The van der Waals surface area contributed by atoms with Gasteiger partial charge in [0, 0.05) is 11.4 Å². The molecule has 1 atom stereocenters. The van der Waals surface area contributed by atoms with E-state index in [-0.39, 0.29) is 6.42 Å². The molecule has 0 saturated heterocycles. The SMILES string of the molecule is CCOc1ccc(Cl)cc1CC(N)C(=O)O. The third kappa shape index (κ3) is 3.40. The minimum Gasteiger partial charge on any atom is -0.494 e. The maximum atomic E-state index is 10.7. The molecule has 1 unspecified atom stereocenters. The van der Waals surface area contributed by atoms with Gasteiger partial charge in [0.15, 0.2) is 0 Å². The molecular weight excluding hydrogens is 230 g/mol. The molecule has 16 heavy (non-hydrogen) atoms. The highest BCUT2D eigenvalue weighted by atomic mass is 35.5. The van der Waals surface area contributed by atoms with Crippen molar-refractivity contribution in [3.8, 4) is 5.75 Å². The fourth-order valence-electron chi connectivity index (χ4n) is 1.33. The highest BCUT2D eigenvalue weighted by Crippen LogP contribution is 2.24. The minimum atomic E-state index is -1.04. The van der Waals surface area contributed by atoms with Crippen molar-refractivity contribution in [3.63, 3.8) is 0 Å². The third-order valence-corrected chi connectivity index (χ3v) is 2.31. The van der Waals surface area contributed by atoms with Crippen LogP contribution in [0, 0.1) is 0 Å². The van der Waals surface area contributed by atoms with Crippen molar-refractivity contribution in [1.82, 2.24) is 0 Å². The molecule has 0 aliphatic rings. The predicted molar refractivity (Wildman–Crippen MR) is 61.9 cm³/mol. The van der Waals surface area contributed by atoms with Crippen molar-refractivity contribution in [3.05, 3.63) is 28.8 Å². The van der Waals surface area contributed by atoms with Gasteiger partial charge in [-0.25, -0.2) is 0 Å². The van der Waals surface area contributed by atoms with Crippen LogP contribution in [-0.2, 0) is 11.2 Å². The summed E-state index contributed by atoms with van der Waals surface area (Å²) in [5.74, 6) is -0.411. The number of carboxylic acid groups (broad SMARTS) is 1. The summed E-state index contributed by atoms with van der Waals surface area (Å²) in [7, 11) is 0. The van der Waals surface area contributed by atoms with Crippen molar-refractivity contribution in [2.75, 3.05) is 6.61 Å². The van der Waals surface area contributed by atoms with Crippen LogP contribution in [0.15, 0.2) is 18.2 Å². The number of halogens is 1. The van der Waals surface area contributed by atoms with E-state index in [0.29, 0.717) is 22.9 Å². The van der Waals surface area contributed by atoms with Crippen molar-refractivity contribution in [2.45, 2.75) is 19.4 Å². The zero-order chi connectivity index (χ0) is 12.1. The van der Waals surface area contributed by atoms with E-state index in [9.17, 15) is 4.79 Å². The average molecular weight is 244 g/mol. The Hall–Kier alpha value is -1.26. The van der Waals surface area contributed by atoms with Gasteiger partial charge in [-0.1, -0.05) is 11.6 Å². The van der Waals surface area contributed by atoms with Crippen LogP contribution in [0.5, 0.6) is 5.75 Å². The molecule has 88 valence electrons. The molecule has 0 aliphatic heterocycles. The summed E-state index contributed by atoms with van der Waals surface area (Å²) in [6.07, 6.45) is 0.200. The number of nitrogens with two attached hydrogens (primary N) is 1. The lowest BCUT2D eigenvalue weighted by Crippen LogP contribution is -2.32. The molecule has 0 radical (unpaired) electrons. The molecule has 1 aromatic rings. The van der Waals surface area contributed by atoms with Crippen molar-refractivity contribution in [1.29, 1.82) is 0 Å². The van der Waals surface area contributed by atoms with Gasteiger partial charge in [-0.3, -0.25) is 4.79 Å². The van der Waals surface area contributed by atoms with E-state index in [1.807, 2.05) is 6.92 Å². The maximum Gasteiger partial charge on any atom is 0.320 e. The predicted octanol–water partition coefficient (Wildman–Crippen LogP) is 1.69. The quantitative estimate of drug-likeness (QED) is 0.826. The number of carboxylic acids is 1. The molecule has 0 bridgehead atoms. The highest BCUT2D eigenvalue weighted by molar-refractivity contribution is 6.30. The van der Waals surface area contributed by atoms with Crippen molar-refractivity contribution < 1.29 is 14.6 Å². The summed E-state index contributed by atoms with van der Waals surface area (Å²) in [5.41, 5.74) is 6.18. The topological polar surface area (TPSA) is 72.5 Å². The second-order valence-corrected chi connectivity index (χ2v) is 3.77. The molecule has 0 fully saturated rings. The van der Waals surface area contributed by atoms with Gasteiger partial charge in [-0.2, -0.15) is 0 Å². The number of ether oxygens (including phenoxy) is 1. The van der Waals surface area contributed by atoms with E-state index in [4.69, 9.17) is 27.2 Å². The Balaban J connectivity index is 2.91. The number of aliphatic carboxylic acids is 1. The van der Waals surface area contributed by atoms with Gasteiger partial charge in [0.1, 0.15) is 11.8 Å². The van der Waals surface area contributed by atoms with Crippen LogP contribution in [0.3, 0.4) is 0 Å². The van der Waals surface area contributed by atoms with E-state index in [1.54, 1.807) is 18.2 Å². The van der Waals surface area contributed by atoms with Crippen molar-refractivity contribution >= 4 is 17.6 Å². The van der Waals surface area contributed by atoms with Crippen LogP contribution in [-0.4, -0.2) is 23.7 Å². The van der Waals surface area contributed by atoms with Gasteiger partial charge >= 0.3 is 5.97 Å². The zero-order valence-electron chi connectivity index (χ0n) is 8.94. The lowest BCUT2D eigenvalue weighted by atomic mass is 10.1. The Morgan fingerprint density at radius 1 is 1.62 bits per heavy atom. The standard InChI is InChI=1S/C11H14ClNO3/c1-2-16-10-4-3-8(12)5-7(10)6-9(13)11(14)15/h3-5,9H,2,6,13H2,1H3,(H,14,15). The van der Waals surface area contributed by atoms with Gasteiger partial charge in [0.2, 0.25) is 0 Å². The molecule has 0 spiro atoms. The van der Waals surface area contributed by atoms with Gasteiger partial charge < -0.3 is 15.6 Å². The lowest BCUT2D eigenvalue weighted by Gasteiger charge is -2.12. The number of rotatable bonds is 5. The summed E-state index contributed by atoms with van der Waals surface area (Å²) in [4.78, 5) is 10.7. The van der Waals surface area contributed by atoms with Crippen LogP contribution < -0.4 is 10.5 Å². The normalized spacial score (nSPS) is 12.2. The first-order valence-corrected chi connectivity index (χ1v) is 5.32. The van der Waals surface area contributed by atoms with Crippen LogP contribution >= 0.6 is 11.6 Å². The Morgan fingerprint density at radius 3 is 2.88 bits per heavy atom. The number of hydrogen-bond acceptors (Lipinski definition) is 3. The maximum absolute atomic E-state index is 10.7. The minimum absolute atomic E-state index is 0.200. The van der Waals surface area contributed by atoms with Crippen molar-refractivity contribution in [2.24, 2.45) is 5.73 Å². The first-order chi connectivity index (χ1) is 7.54. The summed E-state index contributed by atoms with van der Waals surface area (Å²) in [5, 5.41) is 9.27. The Kier molecular flexibility index (Phi) is 4.58. The van der Waals surface area contributed by atoms with E-state index < -0.39 is 12.0 Å². The lowest BCUT2D eigenvalue weighted by molar-refractivity contribution is -0.138. The summed E-state index contributed by atoms with van der Waals surface area (Å²) < 4.78 is 5.37. The van der Waals surface area contributed by atoms with E-state index in [1.165, 1.54) is 0 Å². The molecule has 4 nitrogen and oxygen atoms in total. The fourth-order valence-corrected chi connectivity index (χ4v) is 1.52. The van der Waals surface area contributed by atoms with Gasteiger partial charge in [-0.05, 0) is 30.7 Å². The van der Waals surface area contributed by atoms with Crippen LogP contribution in [0.1, 0.15) is 12.5 Å². The molecular formula is C11H14ClNO3. The molecule has 1 aromatic carbocycles. The van der Waals surface area contributed by atoms with Crippen LogP contribution in [0.4, 0.5) is 0 Å². The number of benzene rings is 1. The van der Waals surface area contributed by atoms with Gasteiger partial charge in [0.05, 0.1) is 6.61 Å². The molecule has 0 aromatic heterocycles. The summed E-state index contributed by atoms with van der Waals surface area (Å²) in [6, 6.07) is 4.14. The molecule has 0 heterocycles. The second kappa shape index (κ2) is 5.72. The molecule has 5 heteroatoms. The molecule has 0 aliphatic carbocycles. The van der Waals surface area contributed by atoms with Crippen LogP contribution in [0.25, 0.3) is 0 Å². The average Bonchev–Trinajstić information content (AvgIpc) is 2.22. The highest BCUT2D eigenvalue weighted by Gasteiger charge is 2.15. The third-order valence-electron chi connectivity index (χ3n) is 2.08. The Bertz CT molecular complexity index is 381. The van der Waals surface area contributed by atoms with E-state index >= 15 is 0 Å². The largest absolute Gasteiger partial charge is 0.494 e. The van der Waals surface area contributed by atoms with E-state index in [2.05, 4.69) is 0 Å². The van der Waals surface area contributed by atoms with E-state index in [0.717, 1.165) is 0 Å². The second-order valence-electron chi connectivity index (χ2n) is 3.33. The molecule has 3 N–H and O–H groups in total. The number of carbonyl (C=O) groups is 1. The smallest absolute Gasteiger partial charge is 0.320 e. The Labute approximate surface area is 99.0 Å². The fraction of sp³-hybridized carbons (Fsp3) is 0.364. The molecule has 0 amide bonds. The van der Waals surface area contributed by atoms with Gasteiger partial charge in [0.25, 0.3) is 0 Å². The molecule has 1 rings (SSSR count). The summed E-state index contributed by atoms with van der Waals surface area (Å²) in [6.45, 7) is 2.37. The van der Waals surface area contributed by atoms with Gasteiger partial charge in [-0.15, -0.1) is 0 Å². The zero-order valence-corrected chi connectivity index (χ0v) is 9.70. The Morgan fingerprint density at radius 2 is 2.31 bits per heavy atom. The first kappa shape index (κ1) is 12.8.